The molecule has 0 aromatic heterocycles. The second-order valence-electron chi connectivity index (χ2n) is 3.15. The largest absolute Gasteiger partial charge is 0.398 e. The third kappa shape index (κ3) is 2.92. The maximum absolute atomic E-state index is 11.0. The van der Waals surface area contributed by atoms with E-state index in [1.807, 2.05) is 0 Å². The maximum Gasteiger partial charge on any atom is 0.296 e. The molecule has 6 N–H and O–H groups in total. The molecule has 0 spiro atoms. The van der Waals surface area contributed by atoms with E-state index >= 15 is 0 Å². The first kappa shape index (κ1) is 13.9. The fraction of sp³-hybridized carbons (Fsp3) is 0.143. The van der Waals surface area contributed by atoms with Crippen LogP contribution in [0.15, 0.2) is 21.9 Å². The monoisotopic (exact) mass is 282 g/mol. The molecule has 1 aromatic carbocycles. The number of rotatable bonds is 3. The van der Waals surface area contributed by atoms with Crippen LogP contribution in [0.4, 0.5) is 5.69 Å². The maximum atomic E-state index is 11.0. The molecule has 0 radical (unpaired) electrons. The molecule has 0 fully saturated rings. The predicted octanol–water partition coefficient (Wildman–Crippen LogP) is -0.779. The Morgan fingerprint density at radius 1 is 1.00 bits per heavy atom. The van der Waals surface area contributed by atoms with Crippen molar-refractivity contribution in [3.63, 3.8) is 0 Å². The third-order valence-corrected chi connectivity index (χ3v) is 3.81. The van der Waals surface area contributed by atoms with Crippen molar-refractivity contribution < 1.29 is 25.9 Å². The van der Waals surface area contributed by atoms with Crippen molar-refractivity contribution in [2.45, 2.75) is 16.3 Å². The van der Waals surface area contributed by atoms with Gasteiger partial charge in [0.15, 0.2) is 0 Å². The fourth-order valence-electron chi connectivity index (χ4n) is 1.24. The lowest BCUT2D eigenvalue weighted by Gasteiger charge is -2.09. The summed E-state index contributed by atoms with van der Waals surface area (Å²) in [6.07, 6.45) is 0. The summed E-state index contributed by atoms with van der Waals surface area (Å²) in [5.41, 5.74) is 9.81. The zero-order valence-electron chi connectivity index (χ0n) is 8.36. The number of nitrogens with two attached hydrogens (primary N) is 2. The first-order valence-corrected chi connectivity index (χ1v) is 7.03. The van der Waals surface area contributed by atoms with E-state index in [0.29, 0.717) is 0 Å². The van der Waals surface area contributed by atoms with Crippen LogP contribution in [0.2, 0.25) is 0 Å². The van der Waals surface area contributed by atoms with Crippen molar-refractivity contribution in [3.8, 4) is 0 Å². The highest BCUT2D eigenvalue weighted by Crippen LogP contribution is 2.26. The zero-order valence-corrected chi connectivity index (χ0v) is 9.99. The molecular formula is C7H10N2O6S2. The van der Waals surface area contributed by atoms with Gasteiger partial charge in [0.2, 0.25) is 0 Å². The average molecular weight is 282 g/mol. The van der Waals surface area contributed by atoms with Crippen LogP contribution in [0.5, 0.6) is 0 Å². The molecule has 0 aliphatic rings. The van der Waals surface area contributed by atoms with Gasteiger partial charge in [0, 0.05) is 6.54 Å². The minimum Gasteiger partial charge on any atom is -0.398 e. The van der Waals surface area contributed by atoms with Crippen molar-refractivity contribution >= 4 is 25.9 Å². The third-order valence-electron chi connectivity index (χ3n) is 1.97. The lowest BCUT2D eigenvalue weighted by molar-refractivity contribution is 0.478. The molecule has 0 aliphatic carbocycles. The second kappa shape index (κ2) is 4.23. The standard InChI is InChI=1S/C7H10N2O6S2/c8-3-4-1-7(17(13,14)15)5(9)2-6(4)16(10,11)12/h1-2H,3,8-9H2,(H,10,11,12)(H,13,14,15). The van der Waals surface area contributed by atoms with Crippen molar-refractivity contribution in [3.05, 3.63) is 17.7 Å². The Hall–Kier alpha value is -1.20. The Bertz CT molecular complexity index is 649. The summed E-state index contributed by atoms with van der Waals surface area (Å²) in [6, 6.07) is 1.52. The van der Waals surface area contributed by atoms with Gasteiger partial charge in [-0.05, 0) is 17.7 Å². The number of hydrogen-bond donors (Lipinski definition) is 4. The van der Waals surface area contributed by atoms with Crippen LogP contribution in [0, 0.1) is 0 Å². The molecular weight excluding hydrogens is 272 g/mol. The van der Waals surface area contributed by atoms with Crippen molar-refractivity contribution in [1.82, 2.24) is 0 Å². The molecule has 96 valence electrons. The molecule has 10 heteroatoms. The molecule has 0 atom stereocenters. The molecule has 1 rings (SSSR count). The van der Waals surface area contributed by atoms with E-state index in [1.165, 1.54) is 0 Å². The van der Waals surface area contributed by atoms with Crippen LogP contribution < -0.4 is 11.5 Å². The summed E-state index contributed by atoms with van der Waals surface area (Å²) in [7, 11) is -9.15. The number of benzene rings is 1. The Balaban J connectivity index is 3.69. The summed E-state index contributed by atoms with van der Waals surface area (Å²) in [5.74, 6) is 0. The van der Waals surface area contributed by atoms with E-state index in [4.69, 9.17) is 20.6 Å². The van der Waals surface area contributed by atoms with Gasteiger partial charge in [-0.15, -0.1) is 0 Å². The van der Waals surface area contributed by atoms with Crippen LogP contribution in [0.3, 0.4) is 0 Å². The quantitative estimate of drug-likeness (QED) is 0.414. The lowest BCUT2D eigenvalue weighted by Crippen LogP contribution is -2.11. The Morgan fingerprint density at radius 3 is 1.82 bits per heavy atom. The molecule has 0 aliphatic heterocycles. The van der Waals surface area contributed by atoms with Crippen LogP contribution in [0.25, 0.3) is 0 Å². The SMILES string of the molecule is NCc1cc(S(=O)(=O)O)c(N)cc1S(=O)(=O)O. The average Bonchev–Trinajstić information content (AvgIpc) is 2.14. The van der Waals surface area contributed by atoms with E-state index in [2.05, 4.69) is 0 Å². The molecule has 0 unspecified atom stereocenters. The van der Waals surface area contributed by atoms with Crippen molar-refractivity contribution in [2.24, 2.45) is 5.73 Å². The Kier molecular flexibility index (Phi) is 3.45. The van der Waals surface area contributed by atoms with Gasteiger partial charge < -0.3 is 11.5 Å². The summed E-state index contributed by atoms with van der Waals surface area (Å²) in [5, 5.41) is 0. The van der Waals surface area contributed by atoms with Gasteiger partial charge in [-0.3, -0.25) is 9.11 Å². The molecule has 0 saturated heterocycles. The summed E-state index contributed by atoms with van der Waals surface area (Å²) < 4.78 is 61.4. The second-order valence-corrected chi connectivity index (χ2v) is 5.93. The van der Waals surface area contributed by atoms with E-state index in [1.54, 1.807) is 0 Å². The Morgan fingerprint density at radius 2 is 1.47 bits per heavy atom. The predicted molar refractivity (Wildman–Crippen MR) is 58.4 cm³/mol. The van der Waals surface area contributed by atoms with Gasteiger partial charge in [0.1, 0.15) is 9.79 Å². The Labute approximate surface area is 97.7 Å². The molecule has 8 nitrogen and oxygen atoms in total. The first-order valence-electron chi connectivity index (χ1n) is 4.15. The van der Waals surface area contributed by atoms with Crippen LogP contribution in [0.1, 0.15) is 5.56 Å². The molecule has 0 bridgehead atoms. The first-order chi connectivity index (χ1) is 7.57. The highest BCUT2D eigenvalue weighted by Gasteiger charge is 2.22. The molecule has 0 heterocycles. The molecule has 1 aromatic rings. The van der Waals surface area contributed by atoms with Crippen LogP contribution >= 0.6 is 0 Å². The topological polar surface area (TPSA) is 161 Å². The lowest BCUT2D eigenvalue weighted by atomic mass is 10.2. The minimum absolute atomic E-state index is 0.172. The smallest absolute Gasteiger partial charge is 0.296 e. The van der Waals surface area contributed by atoms with Gasteiger partial charge in [-0.25, -0.2) is 0 Å². The van der Waals surface area contributed by atoms with Gasteiger partial charge in [-0.1, -0.05) is 0 Å². The summed E-state index contributed by atoms with van der Waals surface area (Å²) >= 11 is 0. The number of anilines is 1. The highest BCUT2D eigenvalue weighted by molar-refractivity contribution is 7.86. The van der Waals surface area contributed by atoms with E-state index in [9.17, 15) is 16.8 Å². The van der Waals surface area contributed by atoms with Gasteiger partial charge >= 0.3 is 0 Å². The van der Waals surface area contributed by atoms with E-state index in [-0.39, 0.29) is 12.1 Å². The van der Waals surface area contributed by atoms with Gasteiger partial charge in [0.05, 0.1) is 5.69 Å². The molecule has 0 amide bonds. The normalized spacial score (nSPS) is 12.6. The van der Waals surface area contributed by atoms with Crippen LogP contribution in [-0.2, 0) is 26.8 Å². The zero-order chi connectivity index (χ0) is 13.4. The highest BCUT2D eigenvalue weighted by atomic mass is 32.2. The number of hydrogen-bond acceptors (Lipinski definition) is 6. The van der Waals surface area contributed by atoms with Gasteiger partial charge in [0.25, 0.3) is 20.2 Å². The van der Waals surface area contributed by atoms with Gasteiger partial charge in [-0.2, -0.15) is 16.8 Å². The summed E-state index contributed by atoms with van der Waals surface area (Å²) in [4.78, 5) is -1.25. The number of nitrogen functional groups attached to an aromatic ring is 1. The molecule has 17 heavy (non-hydrogen) atoms. The van der Waals surface area contributed by atoms with Crippen molar-refractivity contribution in [2.75, 3.05) is 5.73 Å². The van der Waals surface area contributed by atoms with E-state index in [0.717, 1.165) is 12.1 Å². The van der Waals surface area contributed by atoms with Crippen LogP contribution in [-0.4, -0.2) is 25.9 Å². The molecule has 0 saturated carbocycles. The van der Waals surface area contributed by atoms with E-state index < -0.39 is 35.7 Å². The van der Waals surface area contributed by atoms with Crippen molar-refractivity contribution in [1.29, 1.82) is 0 Å². The minimum atomic E-state index is -4.59. The summed E-state index contributed by atoms with van der Waals surface area (Å²) in [6.45, 7) is -0.349. The fourth-order valence-corrected chi connectivity index (χ4v) is 2.64.